The van der Waals surface area contributed by atoms with Gasteiger partial charge >= 0.3 is 0 Å². The second-order valence-electron chi connectivity index (χ2n) is 3.90. The molecule has 1 aromatic rings. The Morgan fingerprint density at radius 1 is 1.41 bits per heavy atom. The van der Waals surface area contributed by atoms with Crippen molar-refractivity contribution in [2.24, 2.45) is 0 Å². The van der Waals surface area contributed by atoms with Crippen LogP contribution in [0, 0.1) is 0 Å². The summed E-state index contributed by atoms with van der Waals surface area (Å²) in [5, 5.41) is 8.95. The van der Waals surface area contributed by atoms with Gasteiger partial charge in [-0.1, -0.05) is 35.0 Å². The number of hydrogen-bond acceptors (Lipinski definition) is 3. The van der Waals surface area contributed by atoms with Crippen LogP contribution in [-0.2, 0) is 0 Å². The zero-order valence-electron chi connectivity index (χ0n) is 10.2. The van der Waals surface area contributed by atoms with Gasteiger partial charge in [0, 0.05) is 16.6 Å². The predicted octanol–water partition coefficient (Wildman–Crippen LogP) is 2.33. The highest BCUT2D eigenvalue weighted by Crippen LogP contribution is 2.13. The molecule has 0 aliphatic carbocycles. The Kier molecular flexibility index (Phi) is 5.82. The molecule has 0 bridgehead atoms. The Bertz CT molecular complexity index is 364. The molecular formula is C13H18BrNO2. The molecule has 1 unspecified atom stereocenters. The number of aliphatic hydroxyl groups excluding tert-OH is 1. The Morgan fingerprint density at radius 2 is 2.00 bits per heavy atom. The summed E-state index contributed by atoms with van der Waals surface area (Å²) in [5.41, 5.74) is 0.706. The van der Waals surface area contributed by atoms with E-state index in [0.717, 1.165) is 11.0 Å². The number of benzene rings is 1. The maximum Gasteiger partial charge on any atom is 0.179 e. The van der Waals surface area contributed by atoms with Crippen molar-refractivity contribution in [3.05, 3.63) is 34.3 Å². The van der Waals surface area contributed by atoms with Gasteiger partial charge in [-0.15, -0.1) is 0 Å². The minimum atomic E-state index is -0.201. The van der Waals surface area contributed by atoms with E-state index in [1.165, 1.54) is 0 Å². The van der Waals surface area contributed by atoms with Crippen LogP contribution in [0.4, 0.5) is 0 Å². The van der Waals surface area contributed by atoms with Crippen molar-refractivity contribution in [2.45, 2.75) is 19.9 Å². The SMILES string of the molecule is CCN(CCO)C(C)C(=O)c1ccc(Br)cc1. The van der Waals surface area contributed by atoms with Crippen LogP contribution in [-0.4, -0.2) is 41.5 Å². The number of rotatable bonds is 6. The lowest BCUT2D eigenvalue weighted by molar-refractivity contribution is 0.0817. The van der Waals surface area contributed by atoms with Crippen LogP contribution >= 0.6 is 15.9 Å². The van der Waals surface area contributed by atoms with Gasteiger partial charge in [-0.2, -0.15) is 0 Å². The first-order valence-electron chi connectivity index (χ1n) is 5.74. The quantitative estimate of drug-likeness (QED) is 0.820. The summed E-state index contributed by atoms with van der Waals surface area (Å²) >= 11 is 3.34. The topological polar surface area (TPSA) is 40.5 Å². The van der Waals surface area contributed by atoms with Crippen molar-refractivity contribution in [1.82, 2.24) is 4.90 Å². The fraction of sp³-hybridized carbons (Fsp3) is 0.462. The van der Waals surface area contributed by atoms with E-state index in [1.54, 1.807) is 0 Å². The third kappa shape index (κ3) is 3.91. The van der Waals surface area contributed by atoms with Gasteiger partial charge in [0.25, 0.3) is 0 Å². The molecule has 3 nitrogen and oxygen atoms in total. The molecule has 0 saturated carbocycles. The third-order valence-electron chi connectivity index (χ3n) is 2.85. The van der Waals surface area contributed by atoms with Crippen LogP contribution in [0.15, 0.2) is 28.7 Å². The fourth-order valence-corrected chi connectivity index (χ4v) is 2.04. The molecular weight excluding hydrogens is 282 g/mol. The highest BCUT2D eigenvalue weighted by atomic mass is 79.9. The Morgan fingerprint density at radius 3 is 2.47 bits per heavy atom. The molecule has 1 aromatic carbocycles. The van der Waals surface area contributed by atoms with Gasteiger partial charge in [-0.05, 0) is 25.6 Å². The Balaban J connectivity index is 2.77. The second kappa shape index (κ2) is 6.89. The minimum absolute atomic E-state index is 0.0752. The number of likely N-dealkylation sites (N-methyl/N-ethyl adjacent to an activating group) is 1. The normalized spacial score (nSPS) is 12.8. The summed E-state index contributed by atoms with van der Waals surface area (Å²) in [4.78, 5) is 14.2. The van der Waals surface area contributed by atoms with Gasteiger partial charge in [-0.3, -0.25) is 9.69 Å². The number of aliphatic hydroxyl groups is 1. The van der Waals surface area contributed by atoms with E-state index in [1.807, 2.05) is 43.0 Å². The lowest BCUT2D eigenvalue weighted by atomic mass is 10.0. The molecule has 0 aromatic heterocycles. The number of nitrogens with zero attached hydrogens (tertiary/aromatic N) is 1. The lowest BCUT2D eigenvalue weighted by Gasteiger charge is -2.25. The standard InChI is InChI=1S/C13H18BrNO2/c1-3-15(8-9-16)10(2)13(17)11-4-6-12(14)7-5-11/h4-7,10,16H,3,8-9H2,1-2H3. The molecule has 1 N–H and O–H groups in total. The van der Waals surface area contributed by atoms with E-state index in [9.17, 15) is 4.79 Å². The van der Waals surface area contributed by atoms with E-state index >= 15 is 0 Å². The smallest absolute Gasteiger partial charge is 0.179 e. The van der Waals surface area contributed by atoms with Gasteiger partial charge in [0.1, 0.15) is 0 Å². The van der Waals surface area contributed by atoms with Gasteiger partial charge in [0.2, 0.25) is 0 Å². The molecule has 0 heterocycles. The van der Waals surface area contributed by atoms with Crippen LogP contribution in [0.2, 0.25) is 0 Å². The second-order valence-corrected chi connectivity index (χ2v) is 4.81. The van der Waals surface area contributed by atoms with Gasteiger partial charge in [0.15, 0.2) is 5.78 Å². The Hall–Kier alpha value is -0.710. The third-order valence-corrected chi connectivity index (χ3v) is 3.38. The molecule has 17 heavy (non-hydrogen) atoms. The number of halogens is 1. The largest absolute Gasteiger partial charge is 0.395 e. The minimum Gasteiger partial charge on any atom is -0.395 e. The zero-order valence-corrected chi connectivity index (χ0v) is 11.8. The van der Waals surface area contributed by atoms with Gasteiger partial charge < -0.3 is 5.11 Å². The summed E-state index contributed by atoms with van der Waals surface area (Å²) in [6.45, 7) is 5.22. The first-order chi connectivity index (χ1) is 8.10. The van der Waals surface area contributed by atoms with Crippen LogP contribution in [0.3, 0.4) is 0 Å². The summed E-state index contributed by atoms with van der Waals surface area (Å²) in [6, 6.07) is 7.16. The molecule has 0 saturated heterocycles. The molecule has 0 fully saturated rings. The molecule has 4 heteroatoms. The summed E-state index contributed by atoms with van der Waals surface area (Å²) < 4.78 is 0.962. The molecule has 0 radical (unpaired) electrons. The number of Topliss-reactive ketones (excluding diaryl/α,β-unsaturated/α-hetero) is 1. The first kappa shape index (κ1) is 14.4. The molecule has 94 valence electrons. The van der Waals surface area contributed by atoms with E-state index < -0.39 is 0 Å². The van der Waals surface area contributed by atoms with Crippen molar-refractivity contribution in [1.29, 1.82) is 0 Å². The summed E-state index contributed by atoms with van der Waals surface area (Å²) in [6.07, 6.45) is 0. The number of carbonyl (C=O) groups is 1. The van der Waals surface area contributed by atoms with Crippen molar-refractivity contribution >= 4 is 21.7 Å². The van der Waals surface area contributed by atoms with Crippen LogP contribution < -0.4 is 0 Å². The molecule has 0 aliphatic rings. The van der Waals surface area contributed by atoms with Crippen LogP contribution in [0.25, 0.3) is 0 Å². The fourth-order valence-electron chi connectivity index (χ4n) is 1.78. The monoisotopic (exact) mass is 299 g/mol. The Labute approximate surface area is 111 Å². The molecule has 0 amide bonds. The maximum absolute atomic E-state index is 12.2. The summed E-state index contributed by atoms with van der Waals surface area (Å²) in [7, 11) is 0. The first-order valence-corrected chi connectivity index (χ1v) is 6.54. The van der Waals surface area contributed by atoms with E-state index in [4.69, 9.17) is 5.11 Å². The maximum atomic E-state index is 12.2. The number of ketones is 1. The van der Waals surface area contributed by atoms with E-state index in [2.05, 4.69) is 15.9 Å². The predicted molar refractivity (Wildman–Crippen MR) is 72.3 cm³/mol. The summed E-state index contributed by atoms with van der Waals surface area (Å²) in [5.74, 6) is 0.0906. The van der Waals surface area contributed by atoms with Crippen LogP contribution in [0.5, 0.6) is 0 Å². The van der Waals surface area contributed by atoms with E-state index in [0.29, 0.717) is 12.1 Å². The highest BCUT2D eigenvalue weighted by Gasteiger charge is 2.20. The van der Waals surface area contributed by atoms with Crippen molar-refractivity contribution in [2.75, 3.05) is 19.7 Å². The average Bonchev–Trinajstić information content (AvgIpc) is 2.35. The van der Waals surface area contributed by atoms with Crippen molar-refractivity contribution < 1.29 is 9.90 Å². The van der Waals surface area contributed by atoms with Gasteiger partial charge in [0.05, 0.1) is 12.6 Å². The van der Waals surface area contributed by atoms with Crippen molar-refractivity contribution in [3.63, 3.8) is 0 Å². The molecule has 1 rings (SSSR count). The average molecular weight is 300 g/mol. The molecule has 0 spiro atoms. The van der Waals surface area contributed by atoms with E-state index in [-0.39, 0.29) is 18.4 Å². The highest BCUT2D eigenvalue weighted by molar-refractivity contribution is 9.10. The lowest BCUT2D eigenvalue weighted by Crippen LogP contribution is -2.40. The number of hydrogen-bond donors (Lipinski definition) is 1. The van der Waals surface area contributed by atoms with Gasteiger partial charge in [-0.25, -0.2) is 0 Å². The number of carbonyl (C=O) groups excluding carboxylic acids is 1. The van der Waals surface area contributed by atoms with Crippen LogP contribution in [0.1, 0.15) is 24.2 Å². The molecule has 1 atom stereocenters. The zero-order chi connectivity index (χ0) is 12.8. The van der Waals surface area contributed by atoms with Crippen molar-refractivity contribution in [3.8, 4) is 0 Å². The molecule has 0 aliphatic heterocycles.